The normalized spacial score (nSPS) is 10.5. The number of carbonyl (C=O) groups is 1. The summed E-state index contributed by atoms with van der Waals surface area (Å²) in [6.45, 7) is 1.84. The number of methoxy groups -OCH3 is 1. The summed E-state index contributed by atoms with van der Waals surface area (Å²) < 4.78 is 6.89. The monoisotopic (exact) mass is 205 g/mol. The minimum absolute atomic E-state index is 0.429. The van der Waals surface area contributed by atoms with E-state index in [4.69, 9.17) is 10.5 Å². The molecule has 0 bridgehead atoms. The molecule has 0 spiro atoms. The summed E-state index contributed by atoms with van der Waals surface area (Å²) >= 11 is 0. The van der Waals surface area contributed by atoms with Gasteiger partial charge in [0.05, 0.1) is 12.7 Å². The molecular formula is C10H11N3O2. The van der Waals surface area contributed by atoms with E-state index in [9.17, 15) is 4.79 Å². The predicted octanol–water partition coefficient (Wildman–Crippen LogP) is 0.750. The van der Waals surface area contributed by atoms with E-state index in [2.05, 4.69) is 4.98 Å². The van der Waals surface area contributed by atoms with Crippen molar-refractivity contribution in [2.75, 3.05) is 7.11 Å². The Morgan fingerprint density at radius 2 is 2.27 bits per heavy atom. The van der Waals surface area contributed by atoms with Gasteiger partial charge >= 0.3 is 0 Å². The lowest BCUT2D eigenvalue weighted by Crippen LogP contribution is -2.11. The van der Waals surface area contributed by atoms with Gasteiger partial charge in [0.15, 0.2) is 0 Å². The van der Waals surface area contributed by atoms with E-state index >= 15 is 0 Å². The SMILES string of the molecule is COc1c(C)nc2ccc(C(N)=O)cn12. The van der Waals surface area contributed by atoms with E-state index in [1.54, 1.807) is 29.8 Å². The quantitative estimate of drug-likeness (QED) is 0.786. The molecule has 0 aliphatic rings. The van der Waals surface area contributed by atoms with Crippen LogP contribution in [-0.2, 0) is 0 Å². The summed E-state index contributed by atoms with van der Waals surface area (Å²) in [5.41, 5.74) is 7.13. The number of aromatic nitrogens is 2. The summed E-state index contributed by atoms with van der Waals surface area (Å²) in [6, 6.07) is 3.37. The molecule has 0 unspecified atom stereocenters. The van der Waals surface area contributed by atoms with Gasteiger partial charge in [-0.15, -0.1) is 0 Å². The predicted molar refractivity (Wildman–Crippen MR) is 55.0 cm³/mol. The Labute approximate surface area is 86.5 Å². The van der Waals surface area contributed by atoms with Crippen molar-refractivity contribution in [3.63, 3.8) is 0 Å². The molecule has 2 rings (SSSR count). The molecule has 78 valence electrons. The minimum atomic E-state index is -0.467. The highest BCUT2D eigenvalue weighted by Gasteiger charge is 2.10. The van der Waals surface area contributed by atoms with Crippen LogP contribution in [0.1, 0.15) is 16.1 Å². The summed E-state index contributed by atoms with van der Waals surface area (Å²) in [4.78, 5) is 15.3. The zero-order valence-electron chi connectivity index (χ0n) is 8.52. The van der Waals surface area contributed by atoms with Gasteiger partial charge in [0.25, 0.3) is 0 Å². The van der Waals surface area contributed by atoms with E-state index in [1.807, 2.05) is 6.92 Å². The number of nitrogens with two attached hydrogens (primary N) is 1. The van der Waals surface area contributed by atoms with Gasteiger partial charge < -0.3 is 10.5 Å². The third-order valence-corrected chi connectivity index (χ3v) is 2.22. The third kappa shape index (κ3) is 1.41. The molecule has 0 aromatic carbocycles. The van der Waals surface area contributed by atoms with Crippen LogP contribution in [0.15, 0.2) is 18.3 Å². The maximum atomic E-state index is 11.0. The van der Waals surface area contributed by atoms with E-state index in [0.29, 0.717) is 11.4 Å². The third-order valence-electron chi connectivity index (χ3n) is 2.22. The lowest BCUT2D eigenvalue weighted by atomic mass is 10.3. The zero-order valence-corrected chi connectivity index (χ0v) is 8.52. The minimum Gasteiger partial charge on any atom is -0.481 e. The van der Waals surface area contributed by atoms with Crippen LogP contribution in [0.4, 0.5) is 0 Å². The first-order valence-corrected chi connectivity index (χ1v) is 4.46. The molecule has 1 amide bonds. The highest BCUT2D eigenvalue weighted by molar-refractivity contribution is 5.92. The van der Waals surface area contributed by atoms with Gasteiger partial charge in [0.2, 0.25) is 11.8 Å². The maximum Gasteiger partial charge on any atom is 0.250 e. The highest BCUT2D eigenvalue weighted by Crippen LogP contribution is 2.19. The second-order valence-corrected chi connectivity index (χ2v) is 3.22. The number of carbonyl (C=O) groups excluding carboxylic acids is 1. The number of aryl methyl sites for hydroxylation is 1. The number of hydrogen-bond donors (Lipinski definition) is 1. The smallest absolute Gasteiger partial charge is 0.250 e. The Kier molecular flexibility index (Phi) is 2.07. The molecule has 2 heterocycles. The number of fused-ring (bicyclic) bond motifs is 1. The molecule has 0 saturated carbocycles. The number of nitrogens with zero attached hydrogens (tertiary/aromatic N) is 2. The van der Waals surface area contributed by atoms with Crippen molar-refractivity contribution in [2.24, 2.45) is 5.73 Å². The van der Waals surface area contributed by atoms with Gasteiger partial charge in [0.1, 0.15) is 11.3 Å². The molecule has 5 nitrogen and oxygen atoms in total. The first-order chi connectivity index (χ1) is 7.13. The van der Waals surface area contributed by atoms with E-state index < -0.39 is 5.91 Å². The average molecular weight is 205 g/mol. The fourth-order valence-corrected chi connectivity index (χ4v) is 1.53. The molecule has 0 atom stereocenters. The van der Waals surface area contributed by atoms with E-state index in [-0.39, 0.29) is 0 Å². The second kappa shape index (κ2) is 3.27. The Bertz CT molecular complexity index is 531. The van der Waals surface area contributed by atoms with Gasteiger partial charge in [-0.2, -0.15) is 0 Å². The fraction of sp³-hybridized carbons (Fsp3) is 0.200. The Balaban J connectivity index is 2.73. The lowest BCUT2D eigenvalue weighted by Gasteiger charge is -2.01. The van der Waals surface area contributed by atoms with Gasteiger partial charge in [-0.05, 0) is 19.1 Å². The van der Waals surface area contributed by atoms with Crippen LogP contribution in [0, 0.1) is 6.92 Å². The summed E-state index contributed by atoms with van der Waals surface area (Å²) in [6.07, 6.45) is 1.62. The molecular weight excluding hydrogens is 194 g/mol. The van der Waals surface area contributed by atoms with Crippen molar-refractivity contribution in [3.05, 3.63) is 29.6 Å². The van der Waals surface area contributed by atoms with Gasteiger partial charge in [0, 0.05) is 6.20 Å². The number of amides is 1. The Hall–Kier alpha value is -2.04. The molecule has 0 fully saturated rings. The van der Waals surface area contributed by atoms with Gasteiger partial charge in [-0.1, -0.05) is 0 Å². The van der Waals surface area contributed by atoms with Crippen LogP contribution in [0.3, 0.4) is 0 Å². The Morgan fingerprint density at radius 1 is 1.53 bits per heavy atom. The van der Waals surface area contributed by atoms with Crippen LogP contribution in [-0.4, -0.2) is 22.4 Å². The number of hydrogen-bond acceptors (Lipinski definition) is 3. The second-order valence-electron chi connectivity index (χ2n) is 3.22. The van der Waals surface area contributed by atoms with Crippen LogP contribution >= 0.6 is 0 Å². The van der Waals surface area contributed by atoms with Gasteiger partial charge in [-0.3, -0.25) is 9.20 Å². The van der Waals surface area contributed by atoms with Gasteiger partial charge in [-0.25, -0.2) is 4.98 Å². The van der Waals surface area contributed by atoms with Crippen molar-refractivity contribution in [1.82, 2.24) is 9.38 Å². The number of imidazole rings is 1. The standard InChI is InChI=1S/C10H11N3O2/c1-6-10(15-2)13-5-7(9(11)14)3-4-8(13)12-6/h3-5H,1-2H3,(H2,11,14). The zero-order chi connectivity index (χ0) is 11.0. The molecule has 2 aromatic heterocycles. The molecule has 2 aromatic rings. The molecule has 15 heavy (non-hydrogen) atoms. The van der Waals surface area contributed by atoms with Crippen LogP contribution < -0.4 is 10.5 Å². The van der Waals surface area contributed by atoms with Crippen LogP contribution in [0.5, 0.6) is 5.88 Å². The van der Waals surface area contributed by atoms with E-state index in [1.165, 1.54) is 0 Å². The number of pyridine rings is 1. The lowest BCUT2D eigenvalue weighted by molar-refractivity contribution is 0.1000. The summed E-state index contributed by atoms with van der Waals surface area (Å²) in [5.74, 6) is 0.151. The van der Waals surface area contributed by atoms with Crippen molar-refractivity contribution < 1.29 is 9.53 Å². The Morgan fingerprint density at radius 3 is 2.87 bits per heavy atom. The summed E-state index contributed by atoms with van der Waals surface area (Å²) in [7, 11) is 1.56. The largest absolute Gasteiger partial charge is 0.481 e. The number of rotatable bonds is 2. The highest BCUT2D eigenvalue weighted by atomic mass is 16.5. The van der Waals surface area contributed by atoms with Crippen LogP contribution in [0.2, 0.25) is 0 Å². The van der Waals surface area contributed by atoms with Crippen molar-refractivity contribution in [2.45, 2.75) is 6.92 Å². The molecule has 0 saturated heterocycles. The molecule has 0 aliphatic carbocycles. The fourth-order valence-electron chi connectivity index (χ4n) is 1.53. The maximum absolute atomic E-state index is 11.0. The van der Waals surface area contributed by atoms with Crippen LogP contribution in [0.25, 0.3) is 5.65 Å². The first kappa shape index (κ1) is 9.51. The molecule has 5 heteroatoms. The molecule has 0 aliphatic heterocycles. The number of ether oxygens (including phenoxy) is 1. The molecule has 2 N–H and O–H groups in total. The van der Waals surface area contributed by atoms with Crippen molar-refractivity contribution in [3.8, 4) is 5.88 Å². The average Bonchev–Trinajstić information content (AvgIpc) is 2.51. The van der Waals surface area contributed by atoms with E-state index in [0.717, 1.165) is 11.3 Å². The van der Waals surface area contributed by atoms with Crippen molar-refractivity contribution in [1.29, 1.82) is 0 Å². The molecule has 0 radical (unpaired) electrons. The van der Waals surface area contributed by atoms with Crippen molar-refractivity contribution >= 4 is 11.6 Å². The number of primary amides is 1. The first-order valence-electron chi connectivity index (χ1n) is 4.46. The topological polar surface area (TPSA) is 69.6 Å². The summed E-state index contributed by atoms with van der Waals surface area (Å²) in [5, 5.41) is 0.